The minimum atomic E-state index is -0.498. The van der Waals surface area contributed by atoms with Gasteiger partial charge in [0, 0.05) is 13.1 Å². The maximum absolute atomic E-state index is 11.9. The van der Waals surface area contributed by atoms with Gasteiger partial charge in [-0.15, -0.1) is 0 Å². The Morgan fingerprint density at radius 2 is 1.83 bits per heavy atom. The lowest BCUT2D eigenvalue weighted by Crippen LogP contribution is -2.29. The van der Waals surface area contributed by atoms with Crippen LogP contribution >= 0.6 is 0 Å². The van der Waals surface area contributed by atoms with Crippen molar-refractivity contribution in [3.8, 4) is 5.75 Å². The largest absolute Gasteiger partial charge is 0.412 e. The van der Waals surface area contributed by atoms with Crippen LogP contribution in [0.5, 0.6) is 5.75 Å². The van der Waals surface area contributed by atoms with Crippen LogP contribution in [0.1, 0.15) is 6.42 Å². The molecule has 0 spiro atoms. The molecule has 0 saturated heterocycles. The summed E-state index contributed by atoms with van der Waals surface area (Å²) in [5, 5.41) is 2.67. The number of hydrogen-bond donors (Lipinski definition) is 2. The first-order valence-corrected chi connectivity index (χ1v) is 7.42. The molecule has 0 unspecified atom stereocenters. The summed E-state index contributed by atoms with van der Waals surface area (Å²) in [6.07, 6.45) is 0.133. The molecule has 1 aromatic heterocycles. The third-order valence-electron chi connectivity index (χ3n) is 3.46. The molecule has 2 aromatic carbocycles. The lowest BCUT2D eigenvalue weighted by Gasteiger charge is -2.07. The SMILES string of the molecule is O=C(NCCCn1c(=O)[nH]c2ccccc21)Oc1ccccc1. The molecule has 0 atom stereocenters. The smallest absolute Gasteiger partial charge is 0.410 e. The Morgan fingerprint density at radius 3 is 2.65 bits per heavy atom. The predicted octanol–water partition coefficient (Wildman–Crippen LogP) is 2.51. The zero-order valence-electron chi connectivity index (χ0n) is 12.5. The van der Waals surface area contributed by atoms with Gasteiger partial charge in [-0.1, -0.05) is 30.3 Å². The van der Waals surface area contributed by atoms with Gasteiger partial charge in [0.15, 0.2) is 0 Å². The average molecular weight is 311 g/mol. The molecule has 0 bridgehead atoms. The molecule has 3 rings (SSSR count). The lowest BCUT2D eigenvalue weighted by molar-refractivity contribution is 0.200. The molecular formula is C17H17N3O3. The molecule has 6 heteroatoms. The number of aromatic nitrogens is 2. The van der Waals surface area contributed by atoms with Crippen LogP contribution < -0.4 is 15.7 Å². The fraction of sp³-hybridized carbons (Fsp3) is 0.176. The lowest BCUT2D eigenvalue weighted by atomic mass is 10.3. The molecule has 2 N–H and O–H groups in total. The number of imidazole rings is 1. The van der Waals surface area contributed by atoms with Crippen molar-refractivity contribution in [3.05, 3.63) is 65.1 Å². The quantitative estimate of drug-likeness (QED) is 0.711. The summed E-state index contributed by atoms with van der Waals surface area (Å²) >= 11 is 0. The minimum Gasteiger partial charge on any atom is -0.410 e. The van der Waals surface area contributed by atoms with E-state index in [0.29, 0.717) is 25.3 Å². The fourth-order valence-electron chi connectivity index (χ4n) is 2.39. The summed E-state index contributed by atoms with van der Waals surface area (Å²) in [5.41, 5.74) is 1.54. The van der Waals surface area contributed by atoms with E-state index in [2.05, 4.69) is 10.3 Å². The summed E-state index contributed by atoms with van der Waals surface area (Å²) in [7, 11) is 0. The van der Waals surface area contributed by atoms with Crippen LogP contribution in [0.2, 0.25) is 0 Å². The monoisotopic (exact) mass is 311 g/mol. The molecule has 0 radical (unpaired) electrons. The van der Waals surface area contributed by atoms with Gasteiger partial charge < -0.3 is 15.0 Å². The van der Waals surface area contributed by atoms with E-state index >= 15 is 0 Å². The number of benzene rings is 2. The highest BCUT2D eigenvalue weighted by Crippen LogP contribution is 2.09. The molecule has 0 aliphatic carbocycles. The number of rotatable bonds is 5. The van der Waals surface area contributed by atoms with E-state index in [4.69, 9.17) is 4.74 Å². The first-order chi connectivity index (χ1) is 11.2. The topological polar surface area (TPSA) is 76.1 Å². The molecule has 3 aromatic rings. The van der Waals surface area contributed by atoms with E-state index in [1.54, 1.807) is 28.8 Å². The first-order valence-electron chi connectivity index (χ1n) is 7.42. The second-order valence-corrected chi connectivity index (χ2v) is 5.08. The van der Waals surface area contributed by atoms with E-state index in [9.17, 15) is 9.59 Å². The van der Waals surface area contributed by atoms with E-state index in [1.165, 1.54) is 0 Å². The van der Waals surface area contributed by atoms with E-state index < -0.39 is 6.09 Å². The first kappa shape index (κ1) is 14.9. The summed E-state index contributed by atoms with van der Waals surface area (Å²) in [6.45, 7) is 0.950. The van der Waals surface area contributed by atoms with E-state index in [-0.39, 0.29) is 5.69 Å². The van der Waals surface area contributed by atoms with Crippen molar-refractivity contribution in [1.82, 2.24) is 14.9 Å². The highest BCUT2D eigenvalue weighted by Gasteiger charge is 2.06. The highest BCUT2D eigenvalue weighted by molar-refractivity contribution is 5.74. The number of ether oxygens (including phenoxy) is 1. The molecule has 0 saturated carbocycles. The zero-order valence-corrected chi connectivity index (χ0v) is 12.5. The number of nitrogens with zero attached hydrogens (tertiary/aromatic N) is 1. The van der Waals surface area contributed by atoms with Crippen molar-refractivity contribution < 1.29 is 9.53 Å². The Morgan fingerprint density at radius 1 is 1.09 bits per heavy atom. The van der Waals surface area contributed by atoms with Gasteiger partial charge in [0.25, 0.3) is 0 Å². The summed E-state index contributed by atoms with van der Waals surface area (Å²) < 4.78 is 6.79. The molecule has 1 amide bonds. The van der Waals surface area contributed by atoms with Crippen molar-refractivity contribution in [3.63, 3.8) is 0 Å². The Kier molecular flexibility index (Phi) is 4.42. The predicted molar refractivity (Wildman–Crippen MR) is 87.6 cm³/mol. The average Bonchev–Trinajstić information content (AvgIpc) is 2.88. The Balaban J connectivity index is 1.50. The van der Waals surface area contributed by atoms with Crippen LogP contribution in [0.3, 0.4) is 0 Å². The normalized spacial score (nSPS) is 10.6. The van der Waals surface area contributed by atoms with Crippen molar-refractivity contribution >= 4 is 17.1 Å². The van der Waals surface area contributed by atoms with Gasteiger partial charge in [0.05, 0.1) is 11.0 Å². The molecule has 1 heterocycles. The molecule has 0 aliphatic heterocycles. The zero-order chi connectivity index (χ0) is 16.1. The molecule has 6 nitrogen and oxygen atoms in total. The Hall–Kier alpha value is -3.02. The van der Waals surface area contributed by atoms with Crippen molar-refractivity contribution in [1.29, 1.82) is 0 Å². The van der Waals surface area contributed by atoms with E-state index in [0.717, 1.165) is 11.0 Å². The van der Waals surface area contributed by atoms with Crippen LogP contribution in [0, 0.1) is 0 Å². The fourth-order valence-corrected chi connectivity index (χ4v) is 2.39. The second-order valence-electron chi connectivity index (χ2n) is 5.08. The number of carbonyl (C=O) groups excluding carboxylic acids is 1. The summed E-state index contributed by atoms with van der Waals surface area (Å²) in [4.78, 5) is 26.4. The number of aromatic amines is 1. The molecule has 118 valence electrons. The third-order valence-corrected chi connectivity index (χ3v) is 3.46. The number of aryl methyl sites for hydroxylation is 1. The van der Waals surface area contributed by atoms with Crippen LogP contribution in [-0.2, 0) is 6.54 Å². The standard InChI is InChI=1S/C17H17N3O3/c21-16-19-14-9-4-5-10-15(14)20(16)12-6-11-18-17(22)23-13-7-2-1-3-8-13/h1-5,7-10H,6,11-12H2,(H,18,22)(H,19,21). The Labute approximate surface area is 132 Å². The maximum atomic E-state index is 11.9. The van der Waals surface area contributed by atoms with Crippen molar-refractivity contribution in [2.75, 3.05) is 6.54 Å². The number of hydrogen-bond acceptors (Lipinski definition) is 3. The molecule has 0 aliphatic rings. The summed E-state index contributed by atoms with van der Waals surface area (Å²) in [5.74, 6) is 0.498. The van der Waals surface area contributed by atoms with Crippen LogP contribution in [0.25, 0.3) is 11.0 Å². The number of amides is 1. The molecule has 23 heavy (non-hydrogen) atoms. The van der Waals surface area contributed by atoms with Gasteiger partial charge in [0.2, 0.25) is 0 Å². The van der Waals surface area contributed by atoms with Crippen LogP contribution in [0.4, 0.5) is 4.79 Å². The van der Waals surface area contributed by atoms with Crippen molar-refractivity contribution in [2.45, 2.75) is 13.0 Å². The number of nitrogens with one attached hydrogen (secondary N) is 2. The number of fused-ring (bicyclic) bond motifs is 1. The van der Waals surface area contributed by atoms with Crippen LogP contribution in [0.15, 0.2) is 59.4 Å². The minimum absolute atomic E-state index is 0.141. The number of para-hydroxylation sites is 3. The Bertz CT molecular complexity index is 852. The number of H-pyrrole nitrogens is 1. The van der Waals surface area contributed by atoms with Gasteiger partial charge in [0.1, 0.15) is 5.75 Å². The maximum Gasteiger partial charge on any atom is 0.412 e. The van der Waals surface area contributed by atoms with Gasteiger partial charge in [-0.3, -0.25) is 4.57 Å². The number of carbonyl (C=O) groups is 1. The van der Waals surface area contributed by atoms with E-state index in [1.807, 2.05) is 30.3 Å². The van der Waals surface area contributed by atoms with Gasteiger partial charge in [-0.2, -0.15) is 0 Å². The van der Waals surface area contributed by atoms with Crippen LogP contribution in [-0.4, -0.2) is 22.2 Å². The molecule has 0 fully saturated rings. The second kappa shape index (κ2) is 6.83. The highest BCUT2D eigenvalue weighted by atomic mass is 16.6. The van der Waals surface area contributed by atoms with Gasteiger partial charge in [-0.25, -0.2) is 9.59 Å². The summed E-state index contributed by atoms with van der Waals surface area (Å²) in [6, 6.07) is 16.4. The van der Waals surface area contributed by atoms with Gasteiger partial charge >= 0.3 is 11.8 Å². The van der Waals surface area contributed by atoms with Gasteiger partial charge in [-0.05, 0) is 30.7 Å². The third kappa shape index (κ3) is 3.60. The van der Waals surface area contributed by atoms with Crippen molar-refractivity contribution in [2.24, 2.45) is 0 Å². The molecular weight excluding hydrogens is 294 g/mol.